The van der Waals surface area contributed by atoms with E-state index in [2.05, 4.69) is 20.8 Å². The molecule has 1 aliphatic rings. The minimum absolute atomic E-state index is 0.153. The molecule has 0 radical (unpaired) electrons. The Bertz CT molecular complexity index is 274. The lowest BCUT2D eigenvalue weighted by atomic mass is 9.80. The third-order valence-electron chi connectivity index (χ3n) is 3.82. The van der Waals surface area contributed by atoms with E-state index >= 15 is 0 Å². The zero-order valence-electron chi connectivity index (χ0n) is 10.8. The van der Waals surface area contributed by atoms with Gasteiger partial charge in [-0.1, -0.05) is 20.8 Å². The first-order valence-corrected chi connectivity index (χ1v) is 6.61. The van der Waals surface area contributed by atoms with Gasteiger partial charge in [-0.25, -0.2) is 0 Å². The van der Waals surface area contributed by atoms with E-state index in [1.165, 1.54) is 0 Å². The van der Waals surface area contributed by atoms with Crippen molar-refractivity contribution in [2.24, 2.45) is 11.8 Å². The Labute approximate surface area is 98.7 Å². The summed E-state index contributed by atoms with van der Waals surface area (Å²) in [4.78, 5) is 12.1. The molecule has 0 heterocycles. The lowest BCUT2D eigenvalue weighted by molar-refractivity contribution is -0.120. The second-order valence-electron chi connectivity index (χ2n) is 4.74. The van der Waals surface area contributed by atoms with Crippen molar-refractivity contribution in [1.29, 1.82) is 0 Å². The average Bonchev–Trinajstić information content (AvgIpc) is 2.30. The number of allylic oxidation sites excluding steroid dienone is 2. The van der Waals surface area contributed by atoms with E-state index in [-0.39, 0.29) is 17.6 Å². The van der Waals surface area contributed by atoms with Gasteiger partial charge in [-0.05, 0) is 38.5 Å². The van der Waals surface area contributed by atoms with Gasteiger partial charge in [0.05, 0.1) is 0 Å². The summed E-state index contributed by atoms with van der Waals surface area (Å²) in [5.74, 6) is 0.918. The number of Topliss-reactive ketones (excluding diaryl/α,β-unsaturated/α-hetero) is 1. The van der Waals surface area contributed by atoms with Crippen molar-refractivity contribution < 1.29 is 9.90 Å². The van der Waals surface area contributed by atoms with E-state index < -0.39 is 0 Å². The highest BCUT2D eigenvalue weighted by Crippen LogP contribution is 2.32. The van der Waals surface area contributed by atoms with Crippen LogP contribution in [0.25, 0.3) is 0 Å². The summed E-state index contributed by atoms with van der Waals surface area (Å²) in [5.41, 5.74) is 0.729. The highest BCUT2D eigenvalue weighted by Gasteiger charge is 2.29. The molecule has 1 aliphatic carbocycles. The smallest absolute Gasteiger partial charge is 0.165 e. The van der Waals surface area contributed by atoms with E-state index in [9.17, 15) is 9.90 Å². The van der Waals surface area contributed by atoms with Gasteiger partial charge in [0.1, 0.15) is 5.76 Å². The van der Waals surface area contributed by atoms with Crippen LogP contribution in [0, 0.1) is 11.8 Å². The predicted molar refractivity (Wildman–Crippen MR) is 66.4 cm³/mol. The van der Waals surface area contributed by atoms with Gasteiger partial charge in [-0.3, -0.25) is 4.79 Å². The number of rotatable bonds is 4. The largest absolute Gasteiger partial charge is 0.512 e. The Hall–Kier alpha value is -0.790. The summed E-state index contributed by atoms with van der Waals surface area (Å²) < 4.78 is 0. The molecule has 1 N–H and O–H groups in total. The fraction of sp³-hybridized carbons (Fsp3) is 0.786. The number of carbonyl (C=O) groups excluding carboxylic acids is 1. The number of aliphatic hydroxyl groups is 1. The normalized spacial score (nSPS) is 25.0. The predicted octanol–water partition coefficient (Wildman–Crippen LogP) is 4.01. The summed E-state index contributed by atoms with van der Waals surface area (Å²) in [6.45, 7) is 6.19. The molecular formula is C14H24O2. The highest BCUT2D eigenvalue weighted by molar-refractivity contribution is 5.98. The van der Waals surface area contributed by atoms with Crippen LogP contribution in [0.4, 0.5) is 0 Å². The summed E-state index contributed by atoms with van der Waals surface area (Å²) >= 11 is 0. The molecule has 0 aromatic heterocycles. The Morgan fingerprint density at radius 3 is 2.50 bits per heavy atom. The van der Waals surface area contributed by atoms with Crippen molar-refractivity contribution in [3.8, 4) is 0 Å². The van der Waals surface area contributed by atoms with E-state index in [1.54, 1.807) is 0 Å². The maximum absolute atomic E-state index is 12.1. The van der Waals surface area contributed by atoms with Gasteiger partial charge in [0.15, 0.2) is 5.78 Å². The molecule has 0 bridgehead atoms. The molecule has 1 fully saturated rings. The second kappa shape index (κ2) is 6.07. The number of carbonyl (C=O) groups is 1. The molecule has 1 unspecified atom stereocenters. The average molecular weight is 224 g/mol. The van der Waals surface area contributed by atoms with E-state index in [4.69, 9.17) is 0 Å². The Kier molecular flexibility index (Phi) is 5.04. The van der Waals surface area contributed by atoms with Crippen LogP contribution in [0.15, 0.2) is 11.3 Å². The van der Waals surface area contributed by atoms with Crippen LogP contribution in [0.3, 0.4) is 0 Å². The van der Waals surface area contributed by atoms with Crippen molar-refractivity contribution in [3.05, 3.63) is 11.3 Å². The Balaban J connectivity index is 2.91. The van der Waals surface area contributed by atoms with Crippen molar-refractivity contribution in [2.75, 3.05) is 0 Å². The number of aliphatic hydroxyl groups excluding tert-OH is 1. The van der Waals surface area contributed by atoms with Crippen LogP contribution >= 0.6 is 0 Å². The topological polar surface area (TPSA) is 37.3 Å². The number of ketones is 1. The van der Waals surface area contributed by atoms with Crippen LogP contribution in [0.5, 0.6) is 0 Å². The zero-order chi connectivity index (χ0) is 12.1. The Morgan fingerprint density at radius 1 is 1.38 bits per heavy atom. The molecule has 0 aromatic carbocycles. The van der Waals surface area contributed by atoms with Gasteiger partial charge in [0.25, 0.3) is 0 Å². The molecule has 1 rings (SSSR count). The molecule has 0 amide bonds. The summed E-state index contributed by atoms with van der Waals surface area (Å²) in [5, 5.41) is 10.2. The molecule has 1 atom stereocenters. The van der Waals surface area contributed by atoms with Gasteiger partial charge < -0.3 is 5.11 Å². The van der Waals surface area contributed by atoms with Crippen molar-refractivity contribution in [3.63, 3.8) is 0 Å². The molecule has 2 nitrogen and oxygen atoms in total. The van der Waals surface area contributed by atoms with Gasteiger partial charge in [0, 0.05) is 17.4 Å². The maximum Gasteiger partial charge on any atom is 0.165 e. The second-order valence-corrected chi connectivity index (χ2v) is 4.74. The number of hydrogen-bond donors (Lipinski definition) is 1. The molecular weight excluding hydrogens is 200 g/mol. The van der Waals surface area contributed by atoms with Crippen LogP contribution in [-0.4, -0.2) is 10.9 Å². The number of hydrogen-bond acceptors (Lipinski definition) is 2. The van der Waals surface area contributed by atoms with Crippen LogP contribution < -0.4 is 0 Å². The molecule has 2 heteroatoms. The molecule has 0 aliphatic heterocycles. The lowest BCUT2D eigenvalue weighted by Crippen LogP contribution is -2.23. The molecule has 16 heavy (non-hydrogen) atoms. The minimum atomic E-state index is 0.153. The minimum Gasteiger partial charge on any atom is -0.512 e. The summed E-state index contributed by atoms with van der Waals surface area (Å²) in [7, 11) is 0. The standard InChI is InChI=1S/C14H24O2/c1-4-10(5-2)13(15)12-9-7-8-11(6-3)14(12)16/h10-11,15H,4-9H2,1-3H3. The van der Waals surface area contributed by atoms with Gasteiger partial charge in [-0.15, -0.1) is 0 Å². The first-order valence-electron chi connectivity index (χ1n) is 6.61. The SMILES string of the molecule is CCC1CCCC(=C(O)C(CC)CC)C1=O. The highest BCUT2D eigenvalue weighted by atomic mass is 16.3. The van der Waals surface area contributed by atoms with Crippen LogP contribution in [0.1, 0.15) is 59.3 Å². The molecule has 0 saturated heterocycles. The lowest BCUT2D eigenvalue weighted by Gasteiger charge is -2.24. The molecule has 92 valence electrons. The van der Waals surface area contributed by atoms with E-state index in [1.807, 2.05) is 0 Å². The first-order chi connectivity index (χ1) is 7.65. The van der Waals surface area contributed by atoms with Gasteiger partial charge >= 0.3 is 0 Å². The third-order valence-corrected chi connectivity index (χ3v) is 3.82. The quantitative estimate of drug-likeness (QED) is 0.578. The van der Waals surface area contributed by atoms with Crippen molar-refractivity contribution >= 4 is 5.78 Å². The molecule has 1 saturated carbocycles. The fourth-order valence-electron chi connectivity index (χ4n) is 2.59. The van der Waals surface area contributed by atoms with Crippen molar-refractivity contribution in [1.82, 2.24) is 0 Å². The first kappa shape index (κ1) is 13.3. The van der Waals surface area contributed by atoms with Crippen LogP contribution in [0.2, 0.25) is 0 Å². The van der Waals surface area contributed by atoms with Gasteiger partial charge in [0.2, 0.25) is 0 Å². The monoisotopic (exact) mass is 224 g/mol. The summed E-state index contributed by atoms with van der Waals surface area (Å²) in [6, 6.07) is 0. The zero-order valence-corrected chi connectivity index (χ0v) is 10.8. The van der Waals surface area contributed by atoms with Gasteiger partial charge in [-0.2, -0.15) is 0 Å². The fourth-order valence-corrected chi connectivity index (χ4v) is 2.59. The maximum atomic E-state index is 12.1. The summed E-state index contributed by atoms with van der Waals surface area (Å²) in [6.07, 6.45) is 5.54. The molecule has 0 spiro atoms. The van der Waals surface area contributed by atoms with E-state index in [0.29, 0.717) is 5.76 Å². The molecule has 0 aromatic rings. The van der Waals surface area contributed by atoms with E-state index in [0.717, 1.165) is 44.1 Å². The van der Waals surface area contributed by atoms with Crippen LogP contribution in [-0.2, 0) is 4.79 Å². The Morgan fingerprint density at radius 2 is 2.00 bits per heavy atom. The third kappa shape index (κ3) is 2.66. The van der Waals surface area contributed by atoms with Crippen molar-refractivity contribution in [2.45, 2.75) is 59.3 Å².